The molecule has 6 heteroatoms. The standard InChI is InChI=1S/C16H23N3O2S/c20-14(18-16-17-8-9-22-16)11-19(10-12-6-7-12)15(21)13-4-2-1-3-5-13/h8-9,12-13H,1-7,10-11H2,(H,17,18,20). The predicted molar refractivity (Wildman–Crippen MR) is 86.6 cm³/mol. The molecule has 2 aliphatic rings. The van der Waals surface area contributed by atoms with Crippen molar-refractivity contribution >= 4 is 28.3 Å². The van der Waals surface area contributed by atoms with Crippen molar-refractivity contribution in [3.8, 4) is 0 Å². The van der Waals surface area contributed by atoms with E-state index in [2.05, 4.69) is 10.3 Å². The van der Waals surface area contributed by atoms with E-state index in [9.17, 15) is 9.59 Å². The van der Waals surface area contributed by atoms with Gasteiger partial charge in [0.05, 0.1) is 6.54 Å². The highest BCUT2D eigenvalue weighted by Crippen LogP contribution is 2.31. The molecule has 2 fully saturated rings. The number of amides is 2. The maximum absolute atomic E-state index is 12.7. The second-order valence-electron chi connectivity index (χ2n) is 6.38. The third-order valence-corrected chi connectivity index (χ3v) is 5.14. The van der Waals surface area contributed by atoms with Gasteiger partial charge in [-0.25, -0.2) is 4.98 Å². The van der Waals surface area contributed by atoms with Gasteiger partial charge in [-0.05, 0) is 31.6 Å². The van der Waals surface area contributed by atoms with E-state index in [1.54, 1.807) is 11.1 Å². The van der Waals surface area contributed by atoms with E-state index in [-0.39, 0.29) is 24.3 Å². The SMILES string of the molecule is O=C(CN(CC1CC1)C(=O)C1CCCCC1)Nc1nccs1. The molecule has 2 aliphatic carbocycles. The summed E-state index contributed by atoms with van der Waals surface area (Å²) in [6.07, 6.45) is 9.50. The van der Waals surface area contributed by atoms with Gasteiger partial charge in [-0.2, -0.15) is 0 Å². The van der Waals surface area contributed by atoms with Crippen LogP contribution in [0.2, 0.25) is 0 Å². The predicted octanol–water partition coefficient (Wildman–Crippen LogP) is 2.90. The lowest BCUT2D eigenvalue weighted by Gasteiger charge is -2.29. The molecule has 0 bridgehead atoms. The van der Waals surface area contributed by atoms with Crippen molar-refractivity contribution in [1.29, 1.82) is 0 Å². The molecule has 2 saturated carbocycles. The number of nitrogens with zero attached hydrogens (tertiary/aromatic N) is 2. The van der Waals surface area contributed by atoms with Crippen LogP contribution in [0.1, 0.15) is 44.9 Å². The zero-order valence-corrected chi connectivity index (χ0v) is 13.6. The Balaban J connectivity index is 1.58. The van der Waals surface area contributed by atoms with Crippen molar-refractivity contribution < 1.29 is 9.59 Å². The largest absolute Gasteiger partial charge is 0.333 e. The lowest BCUT2D eigenvalue weighted by Crippen LogP contribution is -2.43. The Morgan fingerprint density at radius 3 is 2.64 bits per heavy atom. The molecule has 1 aromatic heterocycles. The zero-order valence-electron chi connectivity index (χ0n) is 12.8. The fourth-order valence-corrected chi connectivity index (χ4v) is 3.61. The molecule has 0 aliphatic heterocycles. The fourth-order valence-electron chi connectivity index (χ4n) is 3.07. The molecule has 0 spiro atoms. The van der Waals surface area contributed by atoms with Crippen LogP contribution >= 0.6 is 11.3 Å². The number of anilines is 1. The zero-order chi connectivity index (χ0) is 15.4. The van der Waals surface area contributed by atoms with Crippen LogP contribution < -0.4 is 5.32 Å². The summed E-state index contributed by atoms with van der Waals surface area (Å²) in [6.45, 7) is 0.895. The molecule has 0 aromatic carbocycles. The molecule has 0 unspecified atom stereocenters. The van der Waals surface area contributed by atoms with Crippen LogP contribution in [-0.2, 0) is 9.59 Å². The normalized spacial score (nSPS) is 18.9. The Kier molecular flexibility index (Phi) is 5.08. The Morgan fingerprint density at radius 1 is 1.23 bits per heavy atom. The highest BCUT2D eigenvalue weighted by atomic mass is 32.1. The van der Waals surface area contributed by atoms with E-state index in [1.807, 2.05) is 5.38 Å². The smallest absolute Gasteiger partial charge is 0.245 e. The van der Waals surface area contributed by atoms with Gasteiger partial charge in [-0.1, -0.05) is 19.3 Å². The maximum Gasteiger partial charge on any atom is 0.245 e. The first-order valence-corrected chi connectivity index (χ1v) is 9.08. The van der Waals surface area contributed by atoms with E-state index < -0.39 is 0 Å². The molecule has 120 valence electrons. The second kappa shape index (κ2) is 7.22. The Hall–Kier alpha value is -1.43. The molecule has 0 saturated heterocycles. The van der Waals surface area contributed by atoms with Crippen molar-refractivity contribution in [2.75, 3.05) is 18.4 Å². The minimum absolute atomic E-state index is 0.125. The Labute approximate surface area is 135 Å². The van der Waals surface area contributed by atoms with E-state index in [0.29, 0.717) is 11.0 Å². The quantitative estimate of drug-likeness (QED) is 0.876. The summed E-state index contributed by atoms with van der Waals surface area (Å²) in [7, 11) is 0. The van der Waals surface area contributed by atoms with Gasteiger partial charge in [0, 0.05) is 24.0 Å². The first kappa shape index (κ1) is 15.5. The van der Waals surface area contributed by atoms with Gasteiger partial charge >= 0.3 is 0 Å². The number of carbonyl (C=O) groups excluding carboxylic acids is 2. The third-order valence-electron chi connectivity index (χ3n) is 4.45. The second-order valence-corrected chi connectivity index (χ2v) is 7.28. The molecular formula is C16H23N3O2S. The van der Waals surface area contributed by atoms with Crippen LogP contribution in [0.3, 0.4) is 0 Å². The molecule has 0 radical (unpaired) electrons. The Bertz CT molecular complexity index is 507. The number of nitrogens with one attached hydrogen (secondary N) is 1. The van der Waals surface area contributed by atoms with Gasteiger partial charge in [0.25, 0.3) is 0 Å². The van der Waals surface area contributed by atoms with Gasteiger partial charge in [0.1, 0.15) is 0 Å². The van der Waals surface area contributed by atoms with Crippen molar-refractivity contribution in [2.45, 2.75) is 44.9 Å². The van der Waals surface area contributed by atoms with Gasteiger partial charge in [0.2, 0.25) is 11.8 Å². The van der Waals surface area contributed by atoms with Crippen molar-refractivity contribution in [1.82, 2.24) is 9.88 Å². The van der Waals surface area contributed by atoms with Crippen molar-refractivity contribution in [3.63, 3.8) is 0 Å². The van der Waals surface area contributed by atoms with Crippen LogP contribution in [-0.4, -0.2) is 34.8 Å². The first-order valence-electron chi connectivity index (χ1n) is 8.20. The first-order chi connectivity index (χ1) is 10.7. The van der Waals surface area contributed by atoms with Crippen molar-refractivity contribution in [2.24, 2.45) is 11.8 Å². The van der Waals surface area contributed by atoms with Crippen LogP contribution in [0.5, 0.6) is 0 Å². The summed E-state index contributed by atoms with van der Waals surface area (Å²) in [6, 6.07) is 0. The summed E-state index contributed by atoms with van der Waals surface area (Å²) in [5.41, 5.74) is 0. The van der Waals surface area contributed by atoms with E-state index in [0.717, 1.165) is 32.2 Å². The molecule has 5 nitrogen and oxygen atoms in total. The molecule has 3 rings (SSSR count). The average molecular weight is 321 g/mol. The summed E-state index contributed by atoms with van der Waals surface area (Å²) >= 11 is 1.39. The summed E-state index contributed by atoms with van der Waals surface area (Å²) in [5, 5.41) is 5.20. The lowest BCUT2D eigenvalue weighted by molar-refractivity contribution is -0.139. The van der Waals surface area contributed by atoms with Gasteiger partial charge in [0.15, 0.2) is 5.13 Å². The molecule has 1 N–H and O–H groups in total. The molecule has 1 aromatic rings. The number of rotatable bonds is 6. The fraction of sp³-hybridized carbons (Fsp3) is 0.688. The number of hydrogen-bond acceptors (Lipinski definition) is 4. The number of carbonyl (C=O) groups is 2. The molecule has 0 atom stereocenters. The Morgan fingerprint density at radius 2 is 2.00 bits per heavy atom. The van der Waals surface area contributed by atoms with E-state index >= 15 is 0 Å². The highest BCUT2D eigenvalue weighted by Gasteiger charge is 2.32. The highest BCUT2D eigenvalue weighted by molar-refractivity contribution is 7.13. The summed E-state index contributed by atoms with van der Waals surface area (Å²) < 4.78 is 0. The minimum Gasteiger partial charge on any atom is -0.333 e. The summed E-state index contributed by atoms with van der Waals surface area (Å²) in [5.74, 6) is 0.765. The van der Waals surface area contributed by atoms with Crippen molar-refractivity contribution in [3.05, 3.63) is 11.6 Å². The van der Waals surface area contributed by atoms with Crippen LogP contribution in [0.15, 0.2) is 11.6 Å². The molecular weight excluding hydrogens is 298 g/mol. The average Bonchev–Trinajstić information content (AvgIpc) is 3.21. The minimum atomic E-state index is -0.139. The number of hydrogen-bond donors (Lipinski definition) is 1. The van der Waals surface area contributed by atoms with Crippen LogP contribution in [0, 0.1) is 11.8 Å². The lowest BCUT2D eigenvalue weighted by atomic mass is 9.88. The van der Waals surface area contributed by atoms with Gasteiger partial charge < -0.3 is 10.2 Å². The van der Waals surface area contributed by atoms with E-state index in [4.69, 9.17) is 0 Å². The topological polar surface area (TPSA) is 62.3 Å². The molecule has 2 amide bonds. The van der Waals surface area contributed by atoms with Crippen LogP contribution in [0.25, 0.3) is 0 Å². The molecule has 22 heavy (non-hydrogen) atoms. The summed E-state index contributed by atoms with van der Waals surface area (Å²) in [4.78, 5) is 30.7. The number of thiazole rings is 1. The third kappa shape index (κ3) is 4.29. The monoisotopic (exact) mass is 321 g/mol. The maximum atomic E-state index is 12.7. The van der Waals surface area contributed by atoms with Gasteiger partial charge in [-0.3, -0.25) is 9.59 Å². The van der Waals surface area contributed by atoms with Gasteiger partial charge in [-0.15, -0.1) is 11.3 Å². The molecule has 1 heterocycles. The number of aromatic nitrogens is 1. The van der Waals surface area contributed by atoms with Crippen LogP contribution in [0.4, 0.5) is 5.13 Å². The van der Waals surface area contributed by atoms with E-state index in [1.165, 1.54) is 30.6 Å².